The molecule has 1 atom stereocenters. The highest BCUT2D eigenvalue weighted by Crippen LogP contribution is 2.21. The highest BCUT2D eigenvalue weighted by atomic mass is 16.5. The molecule has 1 aromatic rings. The van der Waals surface area contributed by atoms with Crippen LogP contribution in [0.1, 0.15) is 38.8 Å². The van der Waals surface area contributed by atoms with Crippen molar-refractivity contribution in [1.82, 2.24) is 4.98 Å². The molecule has 4 heteroatoms. The van der Waals surface area contributed by atoms with Crippen molar-refractivity contribution in [2.75, 3.05) is 24.6 Å². The second kappa shape index (κ2) is 7.60. The molecule has 0 aliphatic carbocycles. The average Bonchev–Trinajstić information content (AvgIpc) is 2.47. The molecular weight excluding hydrogens is 252 g/mol. The number of aliphatic hydroxyl groups is 1. The summed E-state index contributed by atoms with van der Waals surface area (Å²) in [4.78, 5) is 6.47. The van der Waals surface area contributed by atoms with Gasteiger partial charge in [-0.25, -0.2) is 0 Å². The topological polar surface area (TPSA) is 45.6 Å². The summed E-state index contributed by atoms with van der Waals surface area (Å²) >= 11 is 0. The van der Waals surface area contributed by atoms with Gasteiger partial charge in [0.05, 0.1) is 25.0 Å². The molecule has 2 heterocycles. The molecular formula is C16H26N2O2. The van der Waals surface area contributed by atoms with Gasteiger partial charge in [-0.15, -0.1) is 0 Å². The van der Waals surface area contributed by atoms with Crippen molar-refractivity contribution >= 4 is 5.69 Å². The van der Waals surface area contributed by atoms with Gasteiger partial charge in [-0.05, 0) is 24.5 Å². The first kappa shape index (κ1) is 15.3. The fraction of sp³-hybridized carbons (Fsp3) is 0.688. The van der Waals surface area contributed by atoms with Crippen LogP contribution in [0.2, 0.25) is 0 Å². The van der Waals surface area contributed by atoms with Crippen LogP contribution in [0.4, 0.5) is 5.69 Å². The minimum atomic E-state index is -0.00397. The molecule has 0 aromatic carbocycles. The van der Waals surface area contributed by atoms with Crippen LogP contribution in [0, 0.1) is 5.92 Å². The fourth-order valence-corrected chi connectivity index (χ4v) is 2.63. The lowest BCUT2D eigenvalue weighted by Crippen LogP contribution is -2.42. The Labute approximate surface area is 121 Å². The van der Waals surface area contributed by atoms with E-state index in [1.807, 2.05) is 12.1 Å². The number of ether oxygens (including phenoxy) is 1. The Morgan fingerprint density at radius 3 is 3.10 bits per heavy atom. The third-order valence-corrected chi connectivity index (χ3v) is 3.77. The Kier molecular flexibility index (Phi) is 5.80. The van der Waals surface area contributed by atoms with Crippen molar-refractivity contribution in [2.24, 2.45) is 5.92 Å². The number of aliphatic hydroxyl groups excluding tert-OH is 1. The van der Waals surface area contributed by atoms with E-state index in [2.05, 4.69) is 23.7 Å². The minimum Gasteiger partial charge on any atom is -0.390 e. The summed E-state index contributed by atoms with van der Waals surface area (Å²) in [6, 6.07) is 3.98. The molecule has 0 bridgehead atoms. The number of anilines is 1. The quantitative estimate of drug-likeness (QED) is 0.869. The van der Waals surface area contributed by atoms with Gasteiger partial charge >= 0.3 is 0 Å². The Balaban J connectivity index is 1.89. The van der Waals surface area contributed by atoms with Crippen LogP contribution in [0.3, 0.4) is 0 Å². The van der Waals surface area contributed by atoms with E-state index in [9.17, 15) is 5.11 Å². The first-order valence-electron chi connectivity index (χ1n) is 7.61. The van der Waals surface area contributed by atoms with Crippen molar-refractivity contribution in [3.8, 4) is 0 Å². The van der Waals surface area contributed by atoms with Crippen molar-refractivity contribution in [2.45, 2.75) is 45.8 Å². The molecule has 4 nitrogen and oxygen atoms in total. The molecule has 1 aliphatic heterocycles. The molecule has 1 unspecified atom stereocenters. The van der Waals surface area contributed by atoms with E-state index < -0.39 is 0 Å². The maximum atomic E-state index is 9.17. The molecule has 0 radical (unpaired) electrons. The van der Waals surface area contributed by atoms with E-state index in [1.54, 1.807) is 6.20 Å². The standard InChI is InChI=1S/C16H26N2O2/c1-13(2)4-3-5-16-11-18(8-9-20-16)15-6-7-17-14(10-15)12-19/h6-7,10,13,16,19H,3-5,8-9,11-12H2,1-2H3. The number of aromatic nitrogens is 1. The highest BCUT2D eigenvalue weighted by Gasteiger charge is 2.20. The lowest BCUT2D eigenvalue weighted by molar-refractivity contribution is 0.0331. The minimum absolute atomic E-state index is 0.00397. The number of rotatable bonds is 6. The van der Waals surface area contributed by atoms with Crippen LogP contribution in [-0.2, 0) is 11.3 Å². The molecule has 1 aromatic heterocycles. The predicted molar refractivity (Wildman–Crippen MR) is 80.8 cm³/mol. The Bertz CT molecular complexity index is 409. The van der Waals surface area contributed by atoms with Crippen LogP contribution in [-0.4, -0.2) is 35.9 Å². The summed E-state index contributed by atoms with van der Waals surface area (Å²) in [5, 5.41) is 9.17. The Morgan fingerprint density at radius 2 is 2.35 bits per heavy atom. The number of nitrogens with zero attached hydrogens (tertiary/aromatic N) is 2. The van der Waals surface area contributed by atoms with Crippen LogP contribution in [0.25, 0.3) is 0 Å². The first-order valence-corrected chi connectivity index (χ1v) is 7.61. The lowest BCUT2D eigenvalue weighted by atomic mass is 10.0. The van der Waals surface area contributed by atoms with Gasteiger partial charge in [-0.3, -0.25) is 4.98 Å². The van der Waals surface area contributed by atoms with Gasteiger partial charge in [0.2, 0.25) is 0 Å². The van der Waals surface area contributed by atoms with Gasteiger partial charge in [0.1, 0.15) is 0 Å². The van der Waals surface area contributed by atoms with Gasteiger partial charge in [-0.2, -0.15) is 0 Å². The number of hydrogen-bond acceptors (Lipinski definition) is 4. The van der Waals surface area contributed by atoms with Gasteiger partial charge < -0.3 is 14.7 Å². The molecule has 1 aliphatic rings. The van der Waals surface area contributed by atoms with Gasteiger partial charge in [0, 0.05) is 25.0 Å². The van der Waals surface area contributed by atoms with Gasteiger partial charge in [0.25, 0.3) is 0 Å². The summed E-state index contributed by atoms with van der Waals surface area (Å²) in [6.45, 7) is 7.16. The summed E-state index contributed by atoms with van der Waals surface area (Å²) in [7, 11) is 0. The van der Waals surface area contributed by atoms with Crippen molar-refractivity contribution in [1.29, 1.82) is 0 Å². The summed E-state index contributed by atoms with van der Waals surface area (Å²) in [5.74, 6) is 0.766. The third kappa shape index (κ3) is 4.46. The van der Waals surface area contributed by atoms with Crippen molar-refractivity contribution in [3.05, 3.63) is 24.0 Å². The monoisotopic (exact) mass is 278 g/mol. The van der Waals surface area contributed by atoms with Crippen LogP contribution in [0.5, 0.6) is 0 Å². The van der Waals surface area contributed by atoms with Crippen molar-refractivity contribution in [3.63, 3.8) is 0 Å². The summed E-state index contributed by atoms with van der Waals surface area (Å²) in [5.41, 5.74) is 1.87. The predicted octanol–water partition coefficient (Wildman–Crippen LogP) is 2.61. The zero-order chi connectivity index (χ0) is 14.4. The largest absolute Gasteiger partial charge is 0.390 e. The zero-order valence-electron chi connectivity index (χ0n) is 12.6. The maximum absolute atomic E-state index is 9.17. The average molecular weight is 278 g/mol. The number of pyridine rings is 1. The first-order chi connectivity index (χ1) is 9.69. The summed E-state index contributed by atoms with van der Waals surface area (Å²) in [6.07, 6.45) is 5.72. The lowest BCUT2D eigenvalue weighted by Gasteiger charge is -2.34. The second-order valence-electron chi connectivity index (χ2n) is 5.93. The van der Waals surface area contributed by atoms with Crippen molar-refractivity contribution < 1.29 is 9.84 Å². The van der Waals surface area contributed by atoms with E-state index in [-0.39, 0.29) is 6.61 Å². The smallest absolute Gasteiger partial charge is 0.0853 e. The maximum Gasteiger partial charge on any atom is 0.0853 e. The van der Waals surface area contributed by atoms with E-state index in [1.165, 1.54) is 12.8 Å². The molecule has 112 valence electrons. The SMILES string of the molecule is CC(C)CCCC1CN(c2ccnc(CO)c2)CCO1. The molecule has 0 amide bonds. The van der Waals surface area contributed by atoms with E-state index in [0.717, 1.165) is 43.4 Å². The Hall–Kier alpha value is -1.13. The Morgan fingerprint density at radius 1 is 1.50 bits per heavy atom. The molecule has 20 heavy (non-hydrogen) atoms. The number of hydrogen-bond donors (Lipinski definition) is 1. The molecule has 1 saturated heterocycles. The van der Waals surface area contributed by atoms with E-state index >= 15 is 0 Å². The van der Waals surface area contributed by atoms with Crippen LogP contribution >= 0.6 is 0 Å². The molecule has 1 N–H and O–H groups in total. The molecule has 1 fully saturated rings. The highest BCUT2D eigenvalue weighted by molar-refractivity contribution is 5.46. The van der Waals surface area contributed by atoms with Crippen LogP contribution < -0.4 is 4.90 Å². The van der Waals surface area contributed by atoms with Crippen LogP contribution in [0.15, 0.2) is 18.3 Å². The second-order valence-corrected chi connectivity index (χ2v) is 5.93. The third-order valence-electron chi connectivity index (χ3n) is 3.77. The number of morpholine rings is 1. The molecule has 0 saturated carbocycles. The van der Waals surface area contributed by atoms with E-state index in [4.69, 9.17) is 4.74 Å². The fourth-order valence-electron chi connectivity index (χ4n) is 2.63. The molecule has 2 rings (SSSR count). The van der Waals surface area contributed by atoms with Gasteiger partial charge in [0.15, 0.2) is 0 Å². The van der Waals surface area contributed by atoms with E-state index in [0.29, 0.717) is 6.10 Å². The normalized spacial score (nSPS) is 19.6. The molecule has 0 spiro atoms. The zero-order valence-corrected chi connectivity index (χ0v) is 12.6. The summed E-state index contributed by atoms with van der Waals surface area (Å²) < 4.78 is 5.86. The van der Waals surface area contributed by atoms with Gasteiger partial charge in [-0.1, -0.05) is 26.7 Å².